The summed E-state index contributed by atoms with van der Waals surface area (Å²) >= 11 is 0. The minimum atomic E-state index is -0.441. The standard InChI is InChI=1S/C17H27NO2/c1-4-15-12-20-11-10-18(15)13-17(2,3)16(19)14-8-6-5-7-9-14/h5-9,15-16,19H,4,10-13H2,1-3H3. The molecular weight excluding hydrogens is 250 g/mol. The first-order valence-electron chi connectivity index (χ1n) is 7.59. The molecule has 3 nitrogen and oxygen atoms in total. The van der Waals surface area contributed by atoms with Crippen LogP contribution in [0.5, 0.6) is 0 Å². The van der Waals surface area contributed by atoms with Crippen molar-refractivity contribution in [1.29, 1.82) is 0 Å². The van der Waals surface area contributed by atoms with Gasteiger partial charge in [0.1, 0.15) is 0 Å². The molecule has 0 aliphatic carbocycles. The van der Waals surface area contributed by atoms with Gasteiger partial charge in [0.15, 0.2) is 0 Å². The minimum Gasteiger partial charge on any atom is -0.388 e. The molecule has 1 aromatic rings. The Balaban J connectivity index is 2.05. The molecule has 20 heavy (non-hydrogen) atoms. The molecule has 0 radical (unpaired) electrons. The molecule has 1 aliphatic rings. The molecule has 0 aromatic heterocycles. The van der Waals surface area contributed by atoms with Crippen molar-refractivity contribution in [3.05, 3.63) is 35.9 Å². The van der Waals surface area contributed by atoms with E-state index in [4.69, 9.17) is 4.74 Å². The molecule has 2 rings (SSSR count). The second-order valence-electron chi connectivity index (χ2n) is 6.41. The van der Waals surface area contributed by atoms with Crippen molar-refractivity contribution in [2.45, 2.75) is 39.3 Å². The summed E-state index contributed by atoms with van der Waals surface area (Å²) in [5.74, 6) is 0. The van der Waals surface area contributed by atoms with E-state index in [1.165, 1.54) is 0 Å². The van der Waals surface area contributed by atoms with E-state index in [0.717, 1.165) is 38.3 Å². The van der Waals surface area contributed by atoms with Gasteiger partial charge in [-0.25, -0.2) is 0 Å². The fourth-order valence-electron chi connectivity index (χ4n) is 2.97. The van der Waals surface area contributed by atoms with Crippen molar-refractivity contribution >= 4 is 0 Å². The predicted molar refractivity (Wildman–Crippen MR) is 81.7 cm³/mol. The zero-order chi connectivity index (χ0) is 14.6. The number of rotatable bonds is 5. The van der Waals surface area contributed by atoms with Crippen LogP contribution in [0.25, 0.3) is 0 Å². The van der Waals surface area contributed by atoms with Crippen LogP contribution in [0.3, 0.4) is 0 Å². The highest BCUT2D eigenvalue weighted by Gasteiger charge is 2.34. The SMILES string of the molecule is CCC1COCCN1CC(C)(C)C(O)c1ccccc1. The zero-order valence-electron chi connectivity index (χ0n) is 12.9. The third kappa shape index (κ3) is 3.60. The molecule has 0 amide bonds. The molecular formula is C17H27NO2. The Hall–Kier alpha value is -0.900. The van der Waals surface area contributed by atoms with Crippen LogP contribution in [-0.4, -0.2) is 42.4 Å². The fraction of sp³-hybridized carbons (Fsp3) is 0.647. The highest BCUT2D eigenvalue weighted by Crippen LogP contribution is 2.34. The number of nitrogens with zero attached hydrogens (tertiary/aromatic N) is 1. The van der Waals surface area contributed by atoms with Gasteiger partial charge in [-0.3, -0.25) is 4.90 Å². The van der Waals surface area contributed by atoms with Gasteiger partial charge in [-0.15, -0.1) is 0 Å². The first-order valence-corrected chi connectivity index (χ1v) is 7.59. The second kappa shape index (κ2) is 6.70. The number of hydrogen-bond donors (Lipinski definition) is 1. The summed E-state index contributed by atoms with van der Waals surface area (Å²) < 4.78 is 5.56. The van der Waals surface area contributed by atoms with Gasteiger partial charge < -0.3 is 9.84 Å². The van der Waals surface area contributed by atoms with Crippen LogP contribution in [0.15, 0.2) is 30.3 Å². The third-order valence-corrected chi connectivity index (χ3v) is 4.29. The number of aliphatic hydroxyl groups excluding tert-OH is 1. The Labute approximate surface area is 122 Å². The third-order valence-electron chi connectivity index (χ3n) is 4.29. The summed E-state index contributed by atoms with van der Waals surface area (Å²) in [5.41, 5.74) is 0.824. The van der Waals surface area contributed by atoms with Crippen LogP contribution < -0.4 is 0 Å². The largest absolute Gasteiger partial charge is 0.388 e. The highest BCUT2D eigenvalue weighted by molar-refractivity contribution is 5.19. The molecule has 3 heteroatoms. The quantitative estimate of drug-likeness (QED) is 0.898. The summed E-state index contributed by atoms with van der Waals surface area (Å²) in [6.45, 7) is 9.96. The van der Waals surface area contributed by atoms with Gasteiger partial charge in [0.2, 0.25) is 0 Å². The van der Waals surface area contributed by atoms with Gasteiger partial charge in [-0.05, 0) is 12.0 Å². The van der Waals surface area contributed by atoms with Crippen LogP contribution >= 0.6 is 0 Å². The number of aliphatic hydroxyl groups is 1. The highest BCUT2D eigenvalue weighted by atomic mass is 16.5. The fourth-order valence-corrected chi connectivity index (χ4v) is 2.97. The topological polar surface area (TPSA) is 32.7 Å². The Morgan fingerprint density at radius 2 is 2.05 bits per heavy atom. The maximum Gasteiger partial charge on any atom is 0.0853 e. The molecule has 1 fully saturated rings. The second-order valence-corrected chi connectivity index (χ2v) is 6.41. The molecule has 0 spiro atoms. The lowest BCUT2D eigenvalue weighted by atomic mass is 9.81. The van der Waals surface area contributed by atoms with Crippen LogP contribution in [0.4, 0.5) is 0 Å². The van der Waals surface area contributed by atoms with E-state index in [9.17, 15) is 5.11 Å². The lowest BCUT2D eigenvalue weighted by molar-refractivity contribution is -0.0489. The summed E-state index contributed by atoms with van der Waals surface area (Å²) in [6, 6.07) is 10.4. The van der Waals surface area contributed by atoms with Crippen LogP contribution in [0.1, 0.15) is 38.9 Å². The van der Waals surface area contributed by atoms with E-state index in [2.05, 4.69) is 25.7 Å². The Bertz CT molecular complexity index is 405. The van der Waals surface area contributed by atoms with E-state index < -0.39 is 6.10 Å². The Morgan fingerprint density at radius 3 is 2.70 bits per heavy atom. The molecule has 1 heterocycles. The predicted octanol–water partition coefficient (Wildman–Crippen LogP) is 2.86. The molecule has 0 saturated carbocycles. The smallest absolute Gasteiger partial charge is 0.0853 e. The first kappa shape index (κ1) is 15.5. The number of ether oxygens (including phenoxy) is 1. The van der Waals surface area contributed by atoms with E-state index in [0.29, 0.717) is 6.04 Å². The van der Waals surface area contributed by atoms with Crippen molar-refractivity contribution in [2.75, 3.05) is 26.3 Å². The average Bonchev–Trinajstić information content (AvgIpc) is 2.47. The lowest BCUT2D eigenvalue weighted by Gasteiger charge is -2.42. The molecule has 1 aromatic carbocycles. The van der Waals surface area contributed by atoms with Gasteiger partial charge >= 0.3 is 0 Å². The number of morpholine rings is 1. The van der Waals surface area contributed by atoms with Crippen LogP contribution in [0.2, 0.25) is 0 Å². The molecule has 1 saturated heterocycles. The van der Waals surface area contributed by atoms with Gasteiger partial charge in [0.25, 0.3) is 0 Å². The molecule has 0 bridgehead atoms. The zero-order valence-corrected chi connectivity index (χ0v) is 12.9. The molecule has 1 aliphatic heterocycles. The van der Waals surface area contributed by atoms with Crippen LogP contribution in [-0.2, 0) is 4.74 Å². The van der Waals surface area contributed by atoms with Crippen molar-refractivity contribution in [3.63, 3.8) is 0 Å². The van der Waals surface area contributed by atoms with Crippen molar-refractivity contribution in [2.24, 2.45) is 5.41 Å². The normalized spacial score (nSPS) is 22.7. The maximum atomic E-state index is 10.7. The van der Waals surface area contributed by atoms with Crippen molar-refractivity contribution in [1.82, 2.24) is 4.90 Å². The Kier molecular flexibility index (Phi) is 5.19. The molecule has 2 unspecified atom stereocenters. The minimum absolute atomic E-state index is 0.174. The number of benzene rings is 1. The molecule has 2 atom stereocenters. The van der Waals surface area contributed by atoms with Gasteiger partial charge in [-0.2, -0.15) is 0 Å². The summed E-state index contributed by atoms with van der Waals surface area (Å²) in [4.78, 5) is 2.47. The van der Waals surface area contributed by atoms with E-state index in [1.807, 2.05) is 30.3 Å². The lowest BCUT2D eigenvalue weighted by Crippen LogP contribution is -2.49. The molecule has 1 N–H and O–H groups in total. The van der Waals surface area contributed by atoms with Crippen molar-refractivity contribution in [3.8, 4) is 0 Å². The summed E-state index contributed by atoms with van der Waals surface area (Å²) in [6.07, 6.45) is 0.654. The van der Waals surface area contributed by atoms with E-state index >= 15 is 0 Å². The molecule has 112 valence electrons. The maximum absolute atomic E-state index is 10.7. The van der Waals surface area contributed by atoms with Gasteiger partial charge in [-0.1, -0.05) is 51.1 Å². The first-order chi connectivity index (χ1) is 9.54. The summed E-state index contributed by atoms with van der Waals surface area (Å²) in [7, 11) is 0. The monoisotopic (exact) mass is 277 g/mol. The van der Waals surface area contributed by atoms with Gasteiger partial charge in [0.05, 0.1) is 19.3 Å². The Morgan fingerprint density at radius 1 is 1.35 bits per heavy atom. The number of hydrogen-bond acceptors (Lipinski definition) is 3. The summed E-state index contributed by atoms with van der Waals surface area (Å²) in [5, 5.41) is 10.7. The average molecular weight is 277 g/mol. The van der Waals surface area contributed by atoms with Gasteiger partial charge in [0, 0.05) is 24.5 Å². The van der Waals surface area contributed by atoms with Crippen LogP contribution in [0, 0.1) is 5.41 Å². The van der Waals surface area contributed by atoms with Crippen molar-refractivity contribution < 1.29 is 9.84 Å². The van der Waals surface area contributed by atoms with E-state index in [-0.39, 0.29) is 5.41 Å². The van der Waals surface area contributed by atoms with E-state index in [1.54, 1.807) is 0 Å².